The molecule has 2 fully saturated rings. The van der Waals surface area contributed by atoms with Gasteiger partial charge in [-0.25, -0.2) is 0 Å². The van der Waals surface area contributed by atoms with Crippen LogP contribution < -0.4 is 11.1 Å². The van der Waals surface area contributed by atoms with Crippen LogP contribution in [0.4, 0.5) is 4.79 Å². The van der Waals surface area contributed by atoms with Crippen LogP contribution in [-0.4, -0.2) is 47.5 Å². The van der Waals surface area contributed by atoms with Gasteiger partial charge in [-0.05, 0) is 24.8 Å². The standard InChI is InChI=1S/C11H19N3O2S/c1-7-2-3-14(5-8(7)4-12)10(15)9-6-17-11(16)13-9/h7-9H,2-6,12H2,1H3,(H,13,16). The number of nitrogens with two attached hydrogens (primary N) is 1. The van der Waals surface area contributed by atoms with Crippen LogP contribution in [0.3, 0.4) is 0 Å². The summed E-state index contributed by atoms with van der Waals surface area (Å²) in [6.45, 7) is 4.32. The van der Waals surface area contributed by atoms with E-state index in [0.717, 1.165) is 19.5 Å². The van der Waals surface area contributed by atoms with Gasteiger partial charge in [-0.2, -0.15) is 0 Å². The molecule has 3 unspecified atom stereocenters. The Morgan fingerprint density at radius 2 is 2.41 bits per heavy atom. The molecule has 0 aromatic carbocycles. The summed E-state index contributed by atoms with van der Waals surface area (Å²) in [6.07, 6.45) is 1.00. The van der Waals surface area contributed by atoms with Crippen LogP contribution >= 0.6 is 11.8 Å². The Hall–Kier alpha value is -0.750. The van der Waals surface area contributed by atoms with Gasteiger partial charge in [0.25, 0.3) is 5.24 Å². The Bertz CT molecular complexity index is 324. The summed E-state index contributed by atoms with van der Waals surface area (Å²) < 4.78 is 0. The fraction of sp³-hybridized carbons (Fsp3) is 0.818. The quantitative estimate of drug-likeness (QED) is 0.744. The first-order chi connectivity index (χ1) is 8.11. The summed E-state index contributed by atoms with van der Waals surface area (Å²) in [4.78, 5) is 25.1. The predicted octanol–water partition coefficient (Wildman–Crippen LogP) is 0.255. The smallest absolute Gasteiger partial charge is 0.279 e. The maximum atomic E-state index is 12.2. The van der Waals surface area contributed by atoms with Crippen molar-refractivity contribution in [2.45, 2.75) is 19.4 Å². The van der Waals surface area contributed by atoms with E-state index in [0.29, 0.717) is 24.1 Å². The van der Waals surface area contributed by atoms with Crippen LogP contribution in [0, 0.1) is 11.8 Å². The van der Waals surface area contributed by atoms with Gasteiger partial charge in [0, 0.05) is 18.8 Å². The van der Waals surface area contributed by atoms with Crippen molar-refractivity contribution in [1.29, 1.82) is 0 Å². The minimum Gasteiger partial charge on any atom is -0.341 e. The van der Waals surface area contributed by atoms with Crippen molar-refractivity contribution in [3.8, 4) is 0 Å². The Balaban J connectivity index is 1.94. The summed E-state index contributed by atoms with van der Waals surface area (Å²) in [5.41, 5.74) is 5.72. The average Bonchev–Trinajstić information content (AvgIpc) is 2.75. The number of likely N-dealkylation sites (tertiary alicyclic amines) is 1. The van der Waals surface area contributed by atoms with Gasteiger partial charge in [0.2, 0.25) is 5.91 Å². The zero-order chi connectivity index (χ0) is 12.4. The van der Waals surface area contributed by atoms with Gasteiger partial charge >= 0.3 is 0 Å². The van der Waals surface area contributed by atoms with Crippen molar-refractivity contribution >= 4 is 22.9 Å². The minimum absolute atomic E-state index is 0.0497. The molecular formula is C11H19N3O2S. The lowest BCUT2D eigenvalue weighted by Crippen LogP contribution is -2.51. The fourth-order valence-electron chi connectivity index (χ4n) is 2.39. The first-order valence-corrected chi connectivity index (χ1v) is 7.02. The van der Waals surface area contributed by atoms with Crippen LogP contribution in [0.1, 0.15) is 13.3 Å². The second-order valence-corrected chi connectivity index (χ2v) is 5.83. The molecule has 0 aromatic rings. The highest BCUT2D eigenvalue weighted by molar-refractivity contribution is 8.14. The van der Waals surface area contributed by atoms with E-state index in [-0.39, 0.29) is 17.2 Å². The number of carbonyl (C=O) groups is 2. The Morgan fingerprint density at radius 1 is 1.65 bits per heavy atom. The molecule has 5 nitrogen and oxygen atoms in total. The summed E-state index contributed by atoms with van der Waals surface area (Å²) >= 11 is 1.18. The number of nitrogens with zero attached hydrogens (tertiary/aromatic N) is 1. The highest BCUT2D eigenvalue weighted by Crippen LogP contribution is 2.24. The molecule has 0 aliphatic carbocycles. The molecule has 6 heteroatoms. The van der Waals surface area contributed by atoms with Crippen LogP contribution in [0.25, 0.3) is 0 Å². The largest absolute Gasteiger partial charge is 0.341 e. The first kappa shape index (κ1) is 12.7. The summed E-state index contributed by atoms with van der Waals surface area (Å²) in [5.74, 6) is 1.57. The number of thioether (sulfide) groups is 1. The number of hydrogen-bond donors (Lipinski definition) is 2. The predicted molar refractivity (Wildman–Crippen MR) is 67.7 cm³/mol. The van der Waals surface area contributed by atoms with Crippen LogP contribution in [-0.2, 0) is 4.79 Å². The van der Waals surface area contributed by atoms with Gasteiger partial charge in [-0.1, -0.05) is 18.7 Å². The molecule has 2 heterocycles. The third-order valence-corrected chi connectivity index (χ3v) is 4.58. The summed E-state index contributed by atoms with van der Waals surface area (Å²) in [7, 11) is 0. The molecule has 2 saturated heterocycles. The molecule has 0 radical (unpaired) electrons. The van der Waals surface area contributed by atoms with E-state index >= 15 is 0 Å². The van der Waals surface area contributed by atoms with E-state index in [1.807, 2.05) is 4.90 Å². The maximum Gasteiger partial charge on any atom is 0.279 e. The van der Waals surface area contributed by atoms with Crippen LogP contribution in [0.5, 0.6) is 0 Å². The van der Waals surface area contributed by atoms with Crippen LogP contribution in [0.15, 0.2) is 0 Å². The highest BCUT2D eigenvalue weighted by atomic mass is 32.2. The summed E-state index contributed by atoms with van der Waals surface area (Å²) in [6, 6.07) is -0.334. The van der Waals surface area contributed by atoms with E-state index < -0.39 is 0 Å². The molecular weight excluding hydrogens is 238 g/mol. The van der Waals surface area contributed by atoms with Crippen molar-refractivity contribution in [2.24, 2.45) is 17.6 Å². The second kappa shape index (κ2) is 5.27. The lowest BCUT2D eigenvalue weighted by molar-refractivity contribution is -0.134. The lowest BCUT2D eigenvalue weighted by Gasteiger charge is -2.37. The van der Waals surface area contributed by atoms with Crippen molar-refractivity contribution in [2.75, 3.05) is 25.4 Å². The van der Waals surface area contributed by atoms with Gasteiger partial charge in [0.15, 0.2) is 0 Å². The topological polar surface area (TPSA) is 75.4 Å². The second-order valence-electron chi connectivity index (χ2n) is 4.84. The Kier molecular flexibility index (Phi) is 3.93. The molecule has 96 valence electrons. The van der Waals surface area contributed by atoms with Gasteiger partial charge in [0.05, 0.1) is 0 Å². The minimum atomic E-state index is -0.334. The number of piperidine rings is 1. The van der Waals surface area contributed by atoms with E-state index in [1.165, 1.54) is 11.8 Å². The summed E-state index contributed by atoms with van der Waals surface area (Å²) in [5, 5.41) is 2.60. The Labute approximate surface area is 105 Å². The zero-order valence-electron chi connectivity index (χ0n) is 10.0. The number of hydrogen-bond acceptors (Lipinski definition) is 4. The Morgan fingerprint density at radius 3 is 3.00 bits per heavy atom. The molecule has 0 bridgehead atoms. The normalized spacial score (nSPS) is 33.6. The molecule has 0 aromatic heterocycles. The first-order valence-electron chi connectivity index (χ1n) is 6.04. The van der Waals surface area contributed by atoms with E-state index in [4.69, 9.17) is 5.73 Å². The molecule has 2 aliphatic heterocycles. The van der Waals surface area contributed by atoms with Crippen molar-refractivity contribution < 1.29 is 9.59 Å². The molecule has 3 N–H and O–H groups in total. The van der Waals surface area contributed by atoms with Gasteiger partial charge in [0.1, 0.15) is 6.04 Å². The molecule has 3 atom stereocenters. The van der Waals surface area contributed by atoms with E-state index in [2.05, 4.69) is 12.2 Å². The van der Waals surface area contributed by atoms with Crippen molar-refractivity contribution in [3.63, 3.8) is 0 Å². The van der Waals surface area contributed by atoms with Gasteiger partial charge < -0.3 is 16.0 Å². The highest BCUT2D eigenvalue weighted by Gasteiger charge is 2.35. The van der Waals surface area contributed by atoms with Crippen LogP contribution in [0.2, 0.25) is 0 Å². The van der Waals surface area contributed by atoms with E-state index in [9.17, 15) is 9.59 Å². The molecule has 2 aliphatic rings. The van der Waals surface area contributed by atoms with E-state index in [1.54, 1.807) is 0 Å². The molecule has 17 heavy (non-hydrogen) atoms. The number of amides is 2. The maximum absolute atomic E-state index is 12.2. The molecule has 0 saturated carbocycles. The monoisotopic (exact) mass is 257 g/mol. The average molecular weight is 257 g/mol. The lowest BCUT2D eigenvalue weighted by atomic mass is 9.87. The van der Waals surface area contributed by atoms with Crippen molar-refractivity contribution in [1.82, 2.24) is 10.2 Å². The van der Waals surface area contributed by atoms with Crippen molar-refractivity contribution in [3.05, 3.63) is 0 Å². The molecule has 2 amide bonds. The number of nitrogens with one attached hydrogen (secondary N) is 1. The zero-order valence-corrected chi connectivity index (χ0v) is 10.8. The molecule has 0 spiro atoms. The number of rotatable bonds is 2. The molecule has 2 rings (SSSR count). The number of carbonyl (C=O) groups excluding carboxylic acids is 2. The fourth-order valence-corrected chi connectivity index (χ4v) is 3.16. The SMILES string of the molecule is CC1CCN(C(=O)C2CSC(=O)N2)CC1CN. The van der Waals surface area contributed by atoms with Gasteiger partial charge in [-0.15, -0.1) is 0 Å². The third-order valence-electron chi connectivity index (χ3n) is 3.70. The van der Waals surface area contributed by atoms with Gasteiger partial charge in [-0.3, -0.25) is 9.59 Å². The third kappa shape index (κ3) is 2.74.